The molecule has 0 radical (unpaired) electrons. The highest BCUT2D eigenvalue weighted by Gasteiger charge is 2.18. The van der Waals surface area contributed by atoms with Gasteiger partial charge in [-0.15, -0.1) is 0 Å². The topological polar surface area (TPSA) is 55.8 Å². The number of benzene rings is 1. The molecule has 0 spiro atoms. The lowest BCUT2D eigenvalue weighted by Gasteiger charge is -2.15. The van der Waals surface area contributed by atoms with E-state index in [0.29, 0.717) is 24.5 Å². The summed E-state index contributed by atoms with van der Waals surface area (Å²) in [6.45, 7) is 4.15. The Labute approximate surface area is 94.8 Å². The monoisotopic (exact) mass is 224 g/mol. The molecule has 1 N–H and O–H groups in total. The predicted octanol–water partition coefficient (Wildman–Crippen LogP) is 2.33. The zero-order valence-electron chi connectivity index (χ0n) is 9.47. The van der Waals surface area contributed by atoms with Crippen molar-refractivity contribution in [2.75, 3.05) is 6.61 Å². The number of carboxylic acids is 1. The van der Waals surface area contributed by atoms with Gasteiger partial charge in [-0.2, -0.15) is 0 Å². The first-order valence-electron chi connectivity index (χ1n) is 5.30. The van der Waals surface area contributed by atoms with E-state index >= 15 is 0 Å². The lowest BCUT2D eigenvalue weighted by molar-refractivity contribution is -0.145. The van der Waals surface area contributed by atoms with Crippen molar-refractivity contribution in [1.29, 1.82) is 0 Å². The summed E-state index contributed by atoms with van der Waals surface area (Å²) in [7, 11) is 0. The average molecular weight is 224 g/mol. The second-order valence-electron chi connectivity index (χ2n) is 3.23. The second-order valence-corrected chi connectivity index (χ2v) is 3.23. The Bertz CT molecular complexity index is 349. The Morgan fingerprint density at radius 1 is 1.31 bits per heavy atom. The van der Waals surface area contributed by atoms with Crippen LogP contribution in [0.2, 0.25) is 0 Å². The molecule has 1 atom stereocenters. The van der Waals surface area contributed by atoms with Crippen molar-refractivity contribution in [2.24, 2.45) is 0 Å². The van der Waals surface area contributed by atoms with Gasteiger partial charge in [-0.3, -0.25) is 0 Å². The lowest BCUT2D eigenvalue weighted by atomic mass is 10.2. The standard InChI is InChI=1S/C12H16O4/c1-3-9(12(13)14)16-11-8-6-5-7-10(11)15-4-2/h5-9H,3-4H2,1-2H3,(H,13,14). The highest BCUT2D eigenvalue weighted by Crippen LogP contribution is 2.27. The zero-order chi connectivity index (χ0) is 12.0. The van der Waals surface area contributed by atoms with Crippen molar-refractivity contribution in [1.82, 2.24) is 0 Å². The minimum absolute atomic E-state index is 0.412. The largest absolute Gasteiger partial charge is 0.490 e. The van der Waals surface area contributed by atoms with Crippen LogP contribution in [-0.2, 0) is 4.79 Å². The molecule has 0 fully saturated rings. The summed E-state index contributed by atoms with van der Waals surface area (Å²) in [6, 6.07) is 7.07. The van der Waals surface area contributed by atoms with Crippen LogP contribution in [-0.4, -0.2) is 23.8 Å². The lowest BCUT2D eigenvalue weighted by Crippen LogP contribution is -2.26. The Morgan fingerprint density at radius 2 is 1.94 bits per heavy atom. The Hall–Kier alpha value is -1.71. The summed E-state index contributed by atoms with van der Waals surface area (Å²) in [5.41, 5.74) is 0. The van der Waals surface area contributed by atoms with Crippen molar-refractivity contribution in [3.63, 3.8) is 0 Å². The first-order chi connectivity index (χ1) is 7.69. The maximum Gasteiger partial charge on any atom is 0.344 e. The predicted molar refractivity (Wildman–Crippen MR) is 60.0 cm³/mol. The molecule has 0 aromatic heterocycles. The number of aliphatic carboxylic acids is 1. The number of hydrogen-bond donors (Lipinski definition) is 1. The van der Waals surface area contributed by atoms with Crippen molar-refractivity contribution < 1.29 is 19.4 Å². The fraction of sp³-hybridized carbons (Fsp3) is 0.417. The fourth-order valence-corrected chi connectivity index (χ4v) is 1.28. The molecule has 88 valence electrons. The van der Waals surface area contributed by atoms with E-state index in [-0.39, 0.29) is 0 Å². The molecule has 0 bridgehead atoms. The molecule has 0 saturated carbocycles. The van der Waals surface area contributed by atoms with Crippen molar-refractivity contribution in [2.45, 2.75) is 26.4 Å². The summed E-state index contributed by atoms with van der Waals surface area (Å²) in [5, 5.41) is 8.89. The Kier molecular flexibility index (Phi) is 4.64. The third-order valence-electron chi connectivity index (χ3n) is 2.06. The molecular weight excluding hydrogens is 208 g/mol. The van der Waals surface area contributed by atoms with Crippen molar-refractivity contribution in [3.8, 4) is 11.5 Å². The molecule has 1 rings (SSSR count). The van der Waals surface area contributed by atoms with Crippen LogP contribution in [0, 0.1) is 0 Å². The van der Waals surface area contributed by atoms with Gasteiger partial charge in [0.05, 0.1) is 6.61 Å². The number of hydrogen-bond acceptors (Lipinski definition) is 3. The normalized spacial score (nSPS) is 11.9. The average Bonchev–Trinajstić information content (AvgIpc) is 2.27. The summed E-state index contributed by atoms with van der Waals surface area (Å²) < 4.78 is 10.7. The van der Waals surface area contributed by atoms with Crippen LogP contribution in [0.25, 0.3) is 0 Å². The van der Waals surface area contributed by atoms with Gasteiger partial charge >= 0.3 is 5.97 Å². The third-order valence-corrected chi connectivity index (χ3v) is 2.06. The third kappa shape index (κ3) is 3.15. The smallest absolute Gasteiger partial charge is 0.344 e. The molecule has 0 aliphatic heterocycles. The molecule has 16 heavy (non-hydrogen) atoms. The number of para-hydroxylation sites is 2. The van der Waals surface area contributed by atoms with Crippen LogP contribution >= 0.6 is 0 Å². The van der Waals surface area contributed by atoms with Crippen molar-refractivity contribution >= 4 is 5.97 Å². The summed E-state index contributed by atoms with van der Waals surface area (Å²) in [6.07, 6.45) is -0.419. The van der Waals surface area contributed by atoms with E-state index in [0.717, 1.165) is 0 Å². The first kappa shape index (κ1) is 12.4. The van der Waals surface area contributed by atoms with Crippen LogP contribution in [0.1, 0.15) is 20.3 Å². The summed E-state index contributed by atoms with van der Waals surface area (Å²) in [4.78, 5) is 10.8. The van der Waals surface area contributed by atoms with Crippen LogP contribution in [0.5, 0.6) is 11.5 Å². The van der Waals surface area contributed by atoms with Gasteiger partial charge in [0.1, 0.15) is 0 Å². The van der Waals surface area contributed by atoms with Crippen LogP contribution in [0.3, 0.4) is 0 Å². The van der Waals surface area contributed by atoms with Crippen LogP contribution in [0.4, 0.5) is 0 Å². The molecule has 1 unspecified atom stereocenters. The van der Waals surface area contributed by atoms with Gasteiger partial charge < -0.3 is 14.6 Å². The quantitative estimate of drug-likeness (QED) is 0.805. The Morgan fingerprint density at radius 3 is 2.44 bits per heavy atom. The van der Waals surface area contributed by atoms with Gasteiger partial charge in [0, 0.05) is 0 Å². The summed E-state index contributed by atoms with van der Waals surface area (Å²) in [5.74, 6) is 0.0806. The van der Waals surface area contributed by atoms with E-state index in [1.807, 2.05) is 13.0 Å². The number of carbonyl (C=O) groups is 1. The van der Waals surface area contributed by atoms with E-state index in [2.05, 4.69) is 0 Å². The maximum atomic E-state index is 10.8. The van der Waals surface area contributed by atoms with Gasteiger partial charge in [-0.25, -0.2) is 4.79 Å². The minimum Gasteiger partial charge on any atom is -0.490 e. The summed E-state index contributed by atoms with van der Waals surface area (Å²) >= 11 is 0. The number of rotatable bonds is 6. The second kappa shape index (κ2) is 6.00. The minimum atomic E-state index is -0.964. The highest BCUT2D eigenvalue weighted by atomic mass is 16.5. The molecule has 1 aromatic rings. The molecule has 1 aromatic carbocycles. The molecule has 4 nitrogen and oxygen atoms in total. The highest BCUT2D eigenvalue weighted by molar-refractivity contribution is 5.72. The van der Waals surface area contributed by atoms with Gasteiger partial charge in [0.25, 0.3) is 0 Å². The van der Waals surface area contributed by atoms with E-state index in [4.69, 9.17) is 14.6 Å². The van der Waals surface area contributed by atoms with E-state index in [1.165, 1.54) is 0 Å². The van der Waals surface area contributed by atoms with E-state index in [9.17, 15) is 4.79 Å². The van der Waals surface area contributed by atoms with Crippen molar-refractivity contribution in [3.05, 3.63) is 24.3 Å². The molecular formula is C12H16O4. The fourth-order valence-electron chi connectivity index (χ4n) is 1.28. The molecule has 0 aliphatic carbocycles. The Balaban J connectivity index is 2.82. The van der Waals surface area contributed by atoms with Gasteiger partial charge in [0.2, 0.25) is 0 Å². The van der Waals surface area contributed by atoms with Gasteiger partial charge in [0.15, 0.2) is 17.6 Å². The molecule has 4 heteroatoms. The van der Waals surface area contributed by atoms with Crippen LogP contribution < -0.4 is 9.47 Å². The number of carboxylic acid groups (broad SMARTS) is 1. The number of ether oxygens (including phenoxy) is 2. The zero-order valence-corrected chi connectivity index (χ0v) is 9.47. The maximum absolute atomic E-state index is 10.8. The molecule has 0 saturated heterocycles. The van der Waals surface area contributed by atoms with Gasteiger partial charge in [-0.1, -0.05) is 19.1 Å². The SMILES string of the molecule is CCOc1ccccc1OC(CC)C(=O)O. The van der Waals surface area contributed by atoms with Gasteiger partial charge in [-0.05, 0) is 25.5 Å². The van der Waals surface area contributed by atoms with Crippen LogP contribution in [0.15, 0.2) is 24.3 Å². The first-order valence-corrected chi connectivity index (χ1v) is 5.30. The van der Waals surface area contributed by atoms with E-state index in [1.54, 1.807) is 25.1 Å². The molecule has 0 aliphatic rings. The molecule has 0 heterocycles. The molecule has 0 amide bonds. The van der Waals surface area contributed by atoms with E-state index < -0.39 is 12.1 Å².